The Morgan fingerprint density at radius 1 is 0.815 bits per heavy atom. The summed E-state index contributed by atoms with van der Waals surface area (Å²) >= 11 is 5.38. The molecule has 3 aromatic carbocycles. The molecule has 138 valence electrons. The second kappa shape index (κ2) is 9.86. The van der Waals surface area contributed by atoms with Crippen molar-refractivity contribution in [2.75, 3.05) is 5.32 Å². The lowest BCUT2D eigenvalue weighted by Crippen LogP contribution is -2.27. The number of anilines is 1. The number of aryl methyl sites for hydroxylation is 1. The number of hydrogen-bond acceptors (Lipinski definition) is 2. The first-order chi connectivity index (χ1) is 13.2. The summed E-state index contributed by atoms with van der Waals surface area (Å²) < 4.78 is 5.82. The Bertz CT molecular complexity index is 863. The molecule has 3 aromatic rings. The second-order valence-electron chi connectivity index (χ2n) is 6.47. The minimum atomic E-state index is 0.592. The maximum absolute atomic E-state index is 5.82. The predicted molar refractivity (Wildman–Crippen MR) is 116 cm³/mol. The van der Waals surface area contributed by atoms with E-state index in [1.165, 1.54) is 16.7 Å². The van der Waals surface area contributed by atoms with E-state index in [1.54, 1.807) is 0 Å². The van der Waals surface area contributed by atoms with E-state index in [0.717, 1.165) is 11.3 Å². The zero-order chi connectivity index (χ0) is 18.9. The SMILES string of the molecule is Cc1ccc(NC(=S)NCc2cccc(COCc3ccccc3)c2)cc1. The van der Waals surface area contributed by atoms with Crippen LogP contribution in [0.2, 0.25) is 0 Å². The fourth-order valence-electron chi connectivity index (χ4n) is 2.68. The summed E-state index contributed by atoms with van der Waals surface area (Å²) in [6, 6.07) is 26.7. The lowest BCUT2D eigenvalue weighted by molar-refractivity contribution is 0.107. The van der Waals surface area contributed by atoms with Crippen molar-refractivity contribution < 1.29 is 4.74 Å². The molecule has 0 aliphatic rings. The topological polar surface area (TPSA) is 33.3 Å². The van der Waals surface area contributed by atoms with Gasteiger partial charge in [0.05, 0.1) is 13.2 Å². The van der Waals surface area contributed by atoms with E-state index in [-0.39, 0.29) is 0 Å². The Balaban J connectivity index is 1.45. The summed E-state index contributed by atoms with van der Waals surface area (Å²) in [5.41, 5.74) is 5.72. The number of benzene rings is 3. The number of ether oxygens (including phenoxy) is 1. The molecular formula is C23H24N2OS. The lowest BCUT2D eigenvalue weighted by Gasteiger charge is -2.12. The van der Waals surface area contributed by atoms with Crippen molar-refractivity contribution in [2.24, 2.45) is 0 Å². The van der Waals surface area contributed by atoms with E-state index < -0.39 is 0 Å². The first-order valence-corrected chi connectivity index (χ1v) is 9.41. The Morgan fingerprint density at radius 3 is 2.26 bits per heavy atom. The van der Waals surface area contributed by atoms with E-state index >= 15 is 0 Å². The van der Waals surface area contributed by atoms with E-state index in [1.807, 2.05) is 30.3 Å². The molecule has 2 N–H and O–H groups in total. The van der Waals surface area contributed by atoms with E-state index in [2.05, 4.69) is 66.1 Å². The summed E-state index contributed by atoms with van der Waals surface area (Å²) in [4.78, 5) is 0. The Hall–Kier alpha value is -2.69. The van der Waals surface area contributed by atoms with E-state index in [4.69, 9.17) is 17.0 Å². The van der Waals surface area contributed by atoms with Crippen molar-refractivity contribution in [1.82, 2.24) is 5.32 Å². The first-order valence-electron chi connectivity index (χ1n) is 9.00. The molecule has 0 radical (unpaired) electrons. The molecule has 0 aromatic heterocycles. The van der Waals surface area contributed by atoms with Gasteiger partial charge in [0, 0.05) is 12.2 Å². The summed E-state index contributed by atoms with van der Waals surface area (Å²) in [6.07, 6.45) is 0. The summed E-state index contributed by atoms with van der Waals surface area (Å²) in [5.74, 6) is 0. The predicted octanol–water partition coefficient (Wildman–Crippen LogP) is 5.20. The van der Waals surface area contributed by atoms with Crippen LogP contribution in [0, 0.1) is 6.92 Å². The summed E-state index contributed by atoms with van der Waals surface area (Å²) in [7, 11) is 0. The fourth-order valence-corrected chi connectivity index (χ4v) is 2.87. The average Bonchev–Trinajstić information content (AvgIpc) is 2.69. The Morgan fingerprint density at radius 2 is 1.48 bits per heavy atom. The lowest BCUT2D eigenvalue weighted by atomic mass is 10.1. The molecule has 0 saturated carbocycles. The molecule has 0 aliphatic heterocycles. The molecule has 3 rings (SSSR count). The van der Waals surface area contributed by atoms with Crippen LogP contribution in [-0.2, 0) is 24.5 Å². The maximum Gasteiger partial charge on any atom is 0.171 e. The van der Waals surface area contributed by atoms with Crippen molar-refractivity contribution in [1.29, 1.82) is 0 Å². The molecule has 0 bridgehead atoms. The van der Waals surface area contributed by atoms with Gasteiger partial charge in [-0.05, 0) is 48.0 Å². The van der Waals surface area contributed by atoms with Crippen LogP contribution in [0.25, 0.3) is 0 Å². The average molecular weight is 377 g/mol. The van der Waals surface area contributed by atoms with Gasteiger partial charge in [0.2, 0.25) is 0 Å². The molecular weight excluding hydrogens is 352 g/mol. The highest BCUT2D eigenvalue weighted by Crippen LogP contribution is 2.10. The van der Waals surface area contributed by atoms with E-state index in [9.17, 15) is 0 Å². The molecule has 0 spiro atoms. The third-order valence-corrected chi connectivity index (χ3v) is 4.38. The molecule has 0 heterocycles. The minimum Gasteiger partial charge on any atom is -0.372 e. The van der Waals surface area contributed by atoms with Gasteiger partial charge in [-0.1, -0.05) is 72.3 Å². The molecule has 0 unspecified atom stereocenters. The standard InChI is InChI=1S/C23H24N2OS/c1-18-10-12-22(13-11-18)25-23(27)24-15-20-8-5-9-21(14-20)17-26-16-19-6-3-2-4-7-19/h2-14H,15-17H2,1H3,(H2,24,25,27). The van der Waals surface area contributed by atoms with E-state index in [0.29, 0.717) is 24.9 Å². The van der Waals surface area contributed by atoms with Crippen molar-refractivity contribution in [3.63, 3.8) is 0 Å². The van der Waals surface area contributed by atoms with Gasteiger partial charge in [-0.2, -0.15) is 0 Å². The quantitative estimate of drug-likeness (QED) is 0.556. The van der Waals surface area contributed by atoms with Crippen LogP contribution in [0.4, 0.5) is 5.69 Å². The van der Waals surface area contributed by atoms with Crippen LogP contribution in [0.1, 0.15) is 22.3 Å². The molecule has 0 fully saturated rings. The smallest absolute Gasteiger partial charge is 0.171 e. The zero-order valence-electron chi connectivity index (χ0n) is 15.4. The van der Waals surface area contributed by atoms with Gasteiger partial charge in [0.1, 0.15) is 0 Å². The number of nitrogens with one attached hydrogen (secondary N) is 2. The molecule has 3 nitrogen and oxygen atoms in total. The van der Waals surface area contributed by atoms with Crippen molar-refractivity contribution in [2.45, 2.75) is 26.7 Å². The molecule has 0 aliphatic carbocycles. The molecule has 0 atom stereocenters. The Kier molecular flexibility index (Phi) is 6.97. The first kappa shape index (κ1) is 19.1. The molecule has 0 amide bonds. The number of thiocarbonyl (C=S) groups is 1. The van der Waals surface area contributed by atoms with Crippen LogP contribution in [0.15, 0.2) is 78.9 Å². The van der Waals surface area contributed by atoms with Gasteiger partial charge < -0.3 is 15.4 Å². The van der Waals surface area contributed by atoms with Gasteiger partial charge in [-0.25, -0.2) is 0 Å². The minimum absolute atomic E-state index is 0.592. The normalized spacial score (nSPS) is 10.4. The van der Waals surface area contributed by atoms with Gasteiger partial charge in [0.25, 0.3) is 0 Å². The molecule has 27 heavy (non-hydrogen) atoms. The summed E-state index contributed by atoms with van der Waals surface area (Å²) in [5, 5.41) is 7.07. The van der Waals surface area contributed by atoms with Crippen LogP contribution in [0.3, 0.4) is 0 Å². The summed E-state index contributed by atoms with van der Waals surface area (Å²) in [6.45, 7) is 3.95. The van der Waals surface area contributed by atoms with Crippen molar-refractivity contribution >= 4 is 23.0 Å². The highest BCUT2D eigenvalue weighted by Gasteiger charge is 2.01. The number of hydrogen-bond donors (Lipinski definition) is 2. The van der Waals surface area contributed by atoms with Gasteiger partial charge >= 0.3 is 0 Å². The zero-order valence-corrected chi connectivity index (χ0v) is 16.3. The highest BCUT2D eigenvalue weighted by molar-refractivity contribution is 7.80. The number of rotatable bonds is 7. The van der Waals surface area contributed by atoms with Crippen molar-refractivity contribution in [3.8, 4) is 0 Å². The fraction of sp³-hybridized carbons (Fsp3) is 0.174. The molecule has 0 saturated heterocycles. The second-order valence-corrected chi connectivity index (χ2v) is 6.88. The third kappa shape index (κ3) is 6.51. The van der Waals surface area contributed by atoms with Crippen LogP contribution in [0.5, 0.6) is 0 Å². The highest BCUT2D eigenvalue weighted by atomic mass is 32.1. The van der Waals surface area contributed by atoms with Crippen LogP contribution >= 0.6 is 12.2 Å². The van der Waals surface area contributed by atoms with Gasteiger partial charge in [-0.15, -0.1) is 0 Å². The van der Waals surface area contributed by atoms with Crippen molar-refractivity contribution in [3.05, 3.63) is 101 Å². The van der Waals surface area contributed by atoms with Gasteiger partial charge in [0.15, 0.2) is 5.11 Å². The monoisotopic (exact) mass is 376 g/mol. The van der Waals surface area contributed by atoms with Crippen LogP contribution < -0.4 is 10.6 Å². The third-order valence-electron chi connectivity index (χ3n) is 4.13. The Labute approximate surface area is 166 Å². The van der Waals surface area contributed by atoms with Crippen LogP contribution in [-0.4, -0.2) is 5.11 Å². The van der Waals surface area contributed by atoms with Gasteiger partial charge in [-0.3, -0.25) is 0 Å². The largest absolute Gasteiger partial charge is 0.372 e. The maximum atomic E-state index is 5.82. The molecule has 4 heteroatoms.